The van der Waals surface area contributed by atoms with Gasteiger partial charge in [-0.3, -0.25) is 14.8 Å². The van der Waals surface area contributed by atoms with Crippen LogP contribution < -0.4 is 0 Å². The van der Waals surface area contributed by atoms with Crippen molar-refractivity contribution in [2.24, 2.45) is 0 Å². The predicted molar refractivity (Wildman–Crippen MR) is 98.5 cm³/mol. The molecule has 2 heterocycles. The molecule has 0 saturated carbocycles. The Morgan fingerprint density at radius 2 is 1.77 bits per heavy atom. The Labute approximate surface area is 151 Å². The number of halogens is 1. The van der Waals surface area contributed by atoms with Crippen LogP contribution in [-0.2, 0) is 6.42 Å². The van der Waals surface area contributed by atoms with Gasteiger partial charge in [0.2, 0.25) is 0 Å². The number of amides is 1. The van der Waals surface area contributed by atoms with E-state index in [-0.39, 0.29) is 11.7 Å². The average molecular weight is 352 g/mol. The van der Waals surface area contributed by atoms with Gasteiger partial charge in [-0.2, -0.15) is 5.10 Å². The van der Waals surface area contributed by atoms with Crippen LogP contribution in [0.4, 0.5) is 4.39 Å². The van der Waals surface area contributed by atoms with E-state index in [1.54, 1.807) is 0 Å². The fourth-order valence-electron chi connectivity index (χ4n) is 3.39. The van der Waals surface area contributed by atoms with Gasteiger partial charge in [-0.15, -0.1) is 0 Å². The van der Waals surface area contributed by atoms with Gasteiger partial charge in [-0.05, 0) is 30.2 Å². The van der Waals surface area contributed by atoms with Gasteiger partial charge in [0.25, 0.3) is 5.91 Å². The lowest BCUT2D eigenvalue weighted by atomic mass is 10.1. The number of aromatic amines is 1. The van der Waals surface area contributed by atoms with Crippen LogP contribution in [0.25, 0.3) is 10.9 Å². The minimum Gasteiger partial charge on any atom is -0.335 e. The van der Waals surface area contributed by atoms with Gasteiger partial charge in [-0.1, -0.05) is 30.3 Å². The SMILES string of the molecule is O=C(c1n[nH]c2ccccc12)N1CCN(CCc2ccc(F)cc2)CC1. The highest BCUT2D eigenvalue weighted by atomic mass is 19.1. The van der Waals surface area contributed by atoms with Crippen LogP contribution in [0.15, 0.2) is 48.5 Å². The van der Waals surface area contributed by atoms with Crippen LogP contribution >= 0.6 is 0 Å². The molecule has 0 aliphatic carbocycles. The van der Waals surface area contributed by atoms with Crippen molar-refractivity contribution in [3.8, 4) is 0 Å². The number of fused-ring (bicyclic) bond motifs is 1. The van der Waals surface area contributed by atoms with Gasteiger partial charge in [0.1, 0.15) is 5.82 Å². The number of H-pyrrole nitrogens is 1. The van der Waals surface area contributed by atoms with E-state index in [1.807, 2.05) is 41.3 Å². The van der Waals surface area contributed by atoms with Crippen molar-refractivity contribution < 1.29 is 9.18 Å². The maximum atomic E-state index is 13.0. The Morgan fingerprint density at radius 1 is 1.04 bits per heavy atom. The molecule has 2 aromatic carbocycles. The number of hydrogen-bond donors (Lipinski definition) is 1. The van der Waals surface area contributed by atoms with Crippen molar-refractivity contribution in [1.82, 2.24) is 20.0 Å². The summed E-state index contributed by atoms with van der Waals surface area (Å²) in [6.07, 6.45) is 0.887. The molecule has 1 aromatic heterocycles. The molecule has 0 spiro atoms. The number of nitrogens with one attached hydrogen (secondary N) is 1. The minimum absolute atomic E-state index is 0.0133. The summed E-state index contributed by atoms with van der Waals surface area (Å²) in [4.78, 5) is 17.0. The predicted octanol–water partition coefficient (Wildman–Crippen LogP) is 2.70. The second-order valence-corrected chi connectivity index (χ2v) is 6.63. The standard InChI is InChI=1S/C20H21FN4O/c21-16-7-5-15(6-8-16)9-10-24-11-13-25(14-12-24)20(26)19-17-3-1-2-4-18(17)22-23-19/h1-8H,9-14H2,(H,22,23). The molecule has 5 nitrogen and oxygen atoms in total. The first-order chi connectivity index (χ1) is 12.7. The first-order valence-electron chi connectivity index (χ1n) is 8.90. The van der Waals surface area contributed by atoms with Crippen LogP contribution in [0.2, 0.25) is 0 Å². The lowest BCUT2D eigenvalue weighted by molar-refractivity contribution is 0.0634. The number of benzene rings is 2. The fourth-order valence-corrected chi connectivity index (χ4v) is 3.39. The summed E-state index contributed by atoms with van der Waals surface area (Å²) in [5, 5.41) is 8.01. The number of nitrogens with zero attached hydrogens (tertiary/aromatic N) is 3. The van der Waals surface area contributed by atoms with E-state index in [0.717, 1.165) is 42.5 Å². The molecule has 1 aliphatic rings. The smallest absolute Gasteiger partial charge is 0.275 e. The third kappa shape index (κ3) is 3.46. The summed E-state index contributed by atoms with van der Waals surface area (Å²) in [6, 6.07) is 14.4. The van der Waals surface area contributed by atoms with Gasteiger partial charge in [0, 0.05) is 38.1 Å². The van der Waals surface area contributed by atoms with Gasteiger partial charge in [0.05, 0.1) is 5.52 Å². The number of carbonyl (C=O) groups is 1. The minimum atomic E-state index is -0.202. The molecule has 26 heavy (non-hydrogen) atoms. The fraction of sp³-hybridized carbons (Fsp3) is 0.300. The zero-order valence-corrected chi connectivity index (χ0v) is 14.5. The highest BCUT2D eigenvalue weighted by Gasteiger charge is 2.24. The first-order valence-corrected chi connectivity index (χ1v) is 8.90. The molecule has 0 radical (unpaired) electrons. The molecule has 1 fully saturated rings. The Kier molecular flexibility index (Phi) is 4.67. The molecule has 6 heteroatoms. The Balaban J connectivity index is 1.33. The molecule has 1 N–H and O–H groups in total. The van der Waals surface area contributed by atoms with Crippen molar-refractivity contribution in [2.75, 3.05) is 32.7 Å². The van der Waals surface area contributed by atoms with Crippen molar-refractivity contribution in [3.63, 3.8) is 0 Å². The molecule has 0 atom stereocenters. The number of piperazine rings is 1. The number of aromatic nitrogens is 2. The van der Waals surface area contributed by atoms with E-state index in [4.69, 9.17) is 0 Å². The van der Waals surface area contributed by atoms with Gasteiger partial charge < -0.3 is 4.90 Å². The highest BCUT2D eigenvalue weighted by Crippen LogP contribution is 2.18. The third-order valence-electron chi connectivity index (χ3n) is 4.96. The summed E-state index contributed by atoms with van der Waals surface area (Å²) in [5.41, 5.74) is 2.52. The Morgan fingerprint density at radius 3 is 2.54 bits per heavy atom. The summed E-state index contributed by atoms with van der Waals surface area (Å²) in [7, 11) is 0. The number of rotatable bonds is 4. The lowest BCUT2D eigenvalue weighted by Gasteiger charge is -2.34. The molecule has 3 aromatic rings. The first kappa shape index (κ1) is 16.7. The van der Waals surface area contributed by atoms with Crippen LogP contribution in [0.3, 0.4) is 0 Å². The highest BCUT2D eigenvalue weighted by molar-refractivity contribution is 6.04. The molecule has 1 saturated heterocycles. The zero-order valence-electron chi connectivity index (χ0n) is 14.5. The quantitative estimate of drug-likeness (QED) is 0.785. The monoisotopic (exact) mass is 352 g/mol. The van der Waals surface area contributed by atoms with Gasteiger partial charge in [-0.25, -0.2) is 4.39 Å². The molecule has 0 unspecified atom stereocenters. The van der Waals surface area contributed by atoms with E-state index in [0.29, 0.717) is 18.8 Å². The van der Waals surface area contributed by atoms with Crippen molar-refractivity contribution in [2.45, 2.75) is 6.42 Å². The van der Waals surface area contributed by atoms with E-state index >= 15 is 0 Å². The molecule has 0 bridgehead atoms. The number of carbonyl (C=O) groups excluding carboxylic acids is 1. The Bertz CT molecular complexity index is 898. The van der Waals surface area contributed by atoms with E-state index in [1.165, 1.54) is 12.1 Å². The van der Waals surface area contributed by atoms with Crippen LogP contribution in [0, 0.1) is 5.82 Å². The van der Waals surface area contributed by atoms with Crippen molar-refractivity contribution in [1.29, 1.82) is 0 Å². The molecule has 1 amide bonds. The molecule has 1 aliphatic heterocycles. The largest absolute Gasteiger partial charge is 0.335 e. The van der Waals surface area contributed by atoms with Crippen molar-refractivity contribution in [3.05, 3.63) is 65.6 Å². The van der Waals surface area contributed by atoms with E-state index in [2.05, 4.69) is 15.1 Å². The Hall–Kier alpha value is -2.73. The molecular formula is C20H21FN4O. The summed E-state index contributed by atoms with van der Waals surface area (Å²) < 4.78 is 13.0. The van der Waals surface area contributed by atoms with E-state index < -0.39 is 0 Å². The molecule has 134 valence electrons. The van der Waals surface area contributed by atoms with Crippen molar-refractivity contribution >= 4 is 16.8 Å². The maximum absolute atomic E-state index is 13.0. The maximum Gasteiger partial charge on any atom is 0.275 e. The lowest BCUT2D eigenvalue weighted by Crippen LogP contribution is -2.49. The molecular weight excluding hydrogens is 331 g/mol. The summed E-state index contributed by atoms with van der Waals surface area (Å²) >= 11 is 0. The molecule has 4 rings (SSSR count). The van der Waals surface area contributed by atoms with Crippen LogP contribution in [-0.4, -0.2) is 58.6 Å². The number of hydrogen-bond acceptors (Lipinski definition) is 3. The zero-order chi connectivity index (χ0) is 17.9. The topological polar surface area (TPSA) is 52.2 Å². The second-order valence-electron chi connectivity index (χ2n) is 6.63. The average Bonchev–Trinajstić information content (AvgIpc) is 3.11. The van der Waals surface area contributed by atoms with Gasteiger partial charge in [0.15, 0.2) is 5.69 Å². The number of para-hydroxylation sites is 1. The second kappa shape index (κ2) is 7.25. The van der Waals surface area contributed by atoms with Crippen LogP contribution in [0.5, 0.6) is 0 Å². The summed E-state index contributed by atoms with van der Waals surface area (Å²) in [5.74, 6) is -0.215. The normalized spacial score (nSPS) is 15.5. The van der Waals surface area contributed by atoms with E-state index in [9.17, 15) is 9.18 Å². The van der Waals surface area contributed by atoms with Crippen LogP contribution in [0.1, 0.15) is 16.1 Å². The van der Waals surface area contributed by atoms with Gasteiger partial charge >= 0.3 is 0 Å². The third-order valence-corrected chi connectivity index (χ3v) is 4.96. The summed E-state index contributed by atoms with van der Waals surface area (Å²) in [6.45, 7) is 4.00.